The highest BCUT2D eigenvalue weighted by molar-refractivity contribution is 5.68. The number of ether oxygens (including phenoxy) is 6. The fourth-order valence-corrected chi connectivity index (χ4v) is 6.99. The van der Waals surface area contributed by atoms with Crippen molar-refractivity contribution in [3.63, 3.8) is 0 Å². The van der Waals surface area contributed by atoms with Gasteiger partial charge in [0.05, 0.1) is 24.4 Å². The number of rotatable bonds is 9. The summed E-state index contributed by atoms with van der Waals surface area (Å²) in [4.78, 5) is 26.6. The van der Waals surface area contributed by atoms with Gasteiger partial charge in [-0.25, -0.2) is 14.0 Å². The van der Waals surface area contributed by atoms with Gasteiger partial charge in [-0.1, -0.05) is 43.3 Å². The molecule has 51 heavy (non-hydrogen) atoms. The Morgan fingerprint density at radius 1 is 1.04 bits per heavy atom. The van der Waals surface area contributed by atoms with E-state index in [2.05, 4.69) is 5.32 Å². The number of likely N-dealkylation sites (N-methyl/N-ethyl adjacent to an activating group) is 1. The first-order chi connectivity index (χ1) is 24.0. The monoisotopic (exact) mass is 720 g/mol. The quantitative estimate of drug-likeness (QED) is 0.188. The third kappa shape index (κ3) is 8.31. The summed E-state index contributed by atoms with van der Waals surface area (Å²) in [6.45, 7) is 8.09. The number of aliphatic hydroxyl groups excluding tert-OH is 2. The summed E-state index contributed by atoms with van der Waals surface area (Å²) >= 11 is 0. The van der Waals surface area contributed by atoms with Crippen LogP contribution in [0.25, 0.3) is 0 Å². The van der Waals surface area contributed by atoms with Crippen molar-refractivity contribution in [2.24, 2.45) is 5.92 Å². The van der Waals surface area contributed by atoms with Crippen LogP contribution in [0.5, 0.6) is 5.75 Å². The van der Waals surface area contributed by atoms with Gasteiger partial charge in [-0.3, -0.25) is 0 Å². The SMILES string of the molecule is CC[C@H]1[C@H](O)[C@H]2O[C@@H]3O[C@H](C)C[C@@](O)(CNCc4ccc(F)c(OC(=O)OC(C)(C)C)c4)[C@]3(O)O[C@@H]2[C@@H](N(C)C(=O)OCc2ccccc2)[C@H]1O. The van der Waals surface area contributed by atoms with Crippen LogP contribution in [-0.2, 0) is 36.8 Å². The Morgan fingerprint density at radius 3 is 2.41 bits per heavy atom. The van der Waals surface area contributed by atoms with E-state index in [-0.39, 0.29) is 31.9 Å². The third-order valence-corrected chi connectivity index (χ3v) is 9.52. The van der Waals surface area contributed by atoms with Gasteiger partial charge in [0, 0.05) is 32.5 Å². The molecule has 0 bridgehead atoms. The first-order valence-electron chi connectivity index (χ1n) is 17.1. The number of halogens is 1. The predicted molar refractivity (Wildman–Crippen MR) is 178 cm³/mol. The zero-order valence-corrected chi connectivity index (χ0v) is 29.7. The summed E-state index contributed by atoms with van der Waals surface area (Å²) in [7, 11) is 1.42. The topological polar surface area (TPSA) is 186 Å². The van der Waals surface area contributed by atoms with Gasteiger partial charge >= 0.3 is 12.2 Å². The minimum atomic E-state index is -2.55. The largest absolute Gasteiger partial charge is 0.514 e. The Hall–Kier alpha value is -3.41. The van der Waals surface area contributed by atoms with E-state index in [1.165, 1.54) is 19.2 Å². The van der Waals surface area contributed by atoms with Crippen molar-refractivity contribution >= 4 is 12.2 Å². The molecular formula is C36H49FN2O12. The number of aliphatic hydroxyl groups is 4. The zero-order valence-electron chi connectivity index (χ0n) is 29.7. The van der Waals surface area contributed by atoms with Gasteiger partial charge in [0.2, 0.25) is 12.1 Å². The minimum absolute atomic E-state index is 0.0321. The zero-order chi connectivity index (χ0) is 37.3. The maximum atomic E-state index is 14.5. The van der Waals surface area contributed by atoms with Gasteiger partial charge in [0.25, 0.3) is 0 Å². The summed E-state index contributed by atoms with van der Waals surface area (Å²) < 4.78 is 48.5. The number of hydrogen-bond acceptors (Lipinski definition) is 13. The van der Waals surface area contributed by atoms with E-state index in [4.69, 9.17) is 28.4 Å². The van der Waals surface area contributed by atoms with Crippen LogP contribution in [0.1, 0.15) is 58.6 Å². The number of carbonyl (C=O) groups excluding carboxylic acids is 2. The normalized spacial score (nSPS) is 33.4. The lowest BCUT2D eigenvalue weighted by molar-refractivity contribution is -0.484. The van der Waals surface area contributed by atoms with Crippen LogP contribution >= 0.6 is 0 Å². The molecule has 2 aromatic carbocycles. The molecule has 0 radical (unpaired) electrons. The van der Waals surface area contributed by atoms with E-state index in [1.54, 1.807) is 58.9 Å². The first-order valence-corrected chi connectivity index (χ1v) is 17.1. The Balaban J connectivity index is 1.34. The lowest BCUT2D eigenvalue weighted by Gasteiger charge is -2.60. The van der Waals surface area contributed by atoms with Crippen molar-refractivity contribution in [2.75, 3.05) is 13.6 Å². The molecule has 15 heteroatoms. The second-order valence-electron chi connectivity index (χ2n) is 14.5. The second-order valence-corrected chi connectivity index (χ2v) is 14.5. The molecule has 0 unspecified atom stereocenters. The lowest BCUT2D eigenvalue weighted by Crippen LogP contribution is -2.80. The van der Waals surface area contributed by atoms with E-state index in [1.807, 2.05) is 6.07 Å². The molecule has 1 saturated carbocycles. The molecule has 5 N–H and O–H groups in total. The number of amides is 1. The molecule has 0 spiro atoms. The van der Waals surface area contributed by atoms with Crippen molar-refractivity contribution in [3.8, 4) is 5.75 Å². The van der Waals surface area contributed by atoms with Gasteiger partial charge < -0.3 is 59.1 Å². The first kappa shape index (κ1) is 38.8. The van der Waals surface area contributed by atoms with E-state index in [9.17, 15) is 34.4 Å². The fraction of sp³-hybridized carbons (Fsp3) is 0.611. The van der Waals surface area contributed by atoms with Crippen molar-refractivity contribution in [2.45, 2.75) is 120 Å². The highest BCUT2D eigenvalue weighted by Crippen LogP contribution is 2.48. The van der Waals surface area contributed by atoms with E-state index in [0.717, 1.165) is 16.5 Å². The second kappa shape index (κ2) is 15.3. The fourth-order valence-electron chi connectivity index (χ4n) is 6.99. The van der Waals surface area contributed by atoms with Crippen LogP contribution < -0.4 is 10.1 Å². The van der Waals surface area contributed by atoms with Gasteiger partial charge in [-0.15, -0.1) is 0 Å². The van der Waals surface area contributed by atoms with Crippen LogP contribution in [0.15, 0.2) is 48.5 Å². The smallest absolute Gasteiger partial charge is 0.445 e. The number of hydrogen-bond donors (Lipinski definition) is 5. The van der Waals surface area contributed by atoms with Crippen molar-refractivity contribution in [3.05, 3.63) is 65.5 Å². The van der Waals surface area contributed by atoms with Crippen LogP contribution in [0, 0.1) is 11.7 Å². The van der Waals surface area contributed by atoms with E-state index in [0.29, 0.717) is 12.0 Å². The van der Waals surface area contributed by atoms with Crippen LogP contribution in [-0.4, -0.2) is 111 Å². The molecule has 1 aliphatic carbocycles. The molecule has 5 rings (SSSR count). The molecule has 282 valence electrons. The number of carbonyl (C=O) groups is 2. The van der Waals surface area contributed by atoms with Gasteiger partial charge in [0.1, 0.15) is 30.0 Å². The molecule has 2 heterocycles. The Morgan fingerprint density at radius 2 is 1.75 bits per heavy atom. The summed E-state index contributed by atoms with van der Waals surface area (Å²) in [6, 6.07) is 11.7. The highest BCUT2D eigenvalue weighted by Gasteiger charge is 2.69. The molecule has 2 aromatic rings. The van der Waals surface area contributed by atoms with Gasteiger partial charge in [0.15, 0.2) is 11.6 Å². The third-order valence-electron chi connectivity index (χ3n) is 9.52. The minimum Gasteiger partial charge on any atom is -0.445 e. The van der Waals surface area contributed by atoms with Gasteiger partial charge in [-0.05, 0) is 57.4 Å². The van der Waals surface area contributed by atoms with Crippen molar-refractivity contribution in [1.29, 1.82) is 0 Å². The Labute approximate surface area is 296 Å². The van der Waals surface area contributed by atoms with Crippen LogP contribution in [0.2, 0.25) is 0 Å². The van der Waals surface area contributed by atoms with E-state index >= 15 is 0 Å². The summed E-state index contributed by atoms with van der Waals surface area (Å²) in [6.07, 6.45) is -8.96. The predicted octanol–water partition coefficient (Wildman–Crippen LogP) is 2.97. The van der Waals surface area contributed by atoms with E-state index < -0.39 is 83.8 Å². The standard InChI is InChI=1S/C36H49FN2O12/c1-7-23-27(40)26(39(6)32(42)46-18-21-11-9-8-10-12-21)29-30(28(23)41)49-31-36(45,50-29)35(44,16-20(2)47-31)19-38-17-22-13-14-24(37)25(15-22)48-33(43)51-34(3,4)5/h8-15,20,23,26-31,38,40-41,44-45H,7,16-19H2,1-6H3/t20-,23-,26+,27+,28+,29-,30-,31+,35-,36-/m1/s1. The number of nitrogens with one attached hydrogen (secondary N) is 1. The summed E-state index contributed by atoms with van der Waals surface area (Å²) in [5.41, 5.74) is -1.71. The Kier molecular flexibility index (Phi) is 11.6. The maximum absolute atomic E-state index is 14.5. The van der Waals surface area contributed by atoms with Crippen molar-refractivity contribution < 1.29 is 62.8 Å². The average molecular weight is 721 g/mol. The Bertz CT molecular complexity index is 1530. The molecule has 3 fully saturated rings. The molecule has 2 saturated heterocycles. The molecule has 2 aliphatic heterocycles. The molecule has 10 atom stereocenters. The summed E-state index contributed by atoms with van der Waals surface area (Å²) in [5, 5.41) is 50.1. The maximum Gasteiger partial charge on any atom is 0.514 e. The molecular weight excluding hydrogens is 671 g/mol. The number of fused-ring (bicyclic) bond motifs is 2. The molecule has 0 aromatic heterocycles. The highest BCUT2D eigenvalue weighted by atomic mass is 19.1. The number of nitrogens with zero attached hydrogens (tertiary/aromatic N) is 1. The summed E-state index contributed by atoms with van der Waals surface area (Å²) in [5.74, 6) is -4.43. The molecule has 14 nitrogen and oxygen atoms in total. The van der Waals surface area contributed by atoms with Gasteiger partial charge in [-0.2, -0.15) is 0 Å². The van der Waals surface area contributed by atoms with Crippen LogP contribution in [0.4, 0.5) is 14.0 Å². The molecule has 1 amide bonds. The number of benzene rings is 2. The lowest BCUT2D eigenvalue weighted by atomic mass is 9.73. The average Bonchev–Trinajstić information content (AvgIpc) is 3.05. The van der Waals surface area contributed by atoms with Crippen LogP contribution in [0.3, 0.4) is 0 Å². The molecule has 3 aliphatic rings. The van der Waals surface area contributed by atoms with Crippen molar-refractivity contribution in [1.82, 2.24) is 10.2 Å².